The first-order valence-electron chi connectivity index (χ1n) is 9.55. The summed E-state index contributed by atoms with van der Waals surface area (Å²) in [4.78, 5) is 43.4. The summed E-state index contributed by atoms with van der Waals surface area (Å²) in [7, 11) is 0. The smallest absolute Gasteiger partial charge is 0.323 e. The van der Waals surface area contributed by atoms with Crippen LogP contribution in [0.5, 0.6) is 0 Å². The van der Waals surface area contributed by atoms with Gasteiger partial charge in [-0.3, -0.25) is 19.4 Å². The highest BCUT2D eigenvalue weighted by atomic mass is 16.4. The molecule has 0 spiro atoms. The van der Waals surface area contributed by atoms with Gasteiger partial charge in [0.05, 0.1) is 11.9 Å². The Kier molecular flexibility index (Phi) is 6.23. The van der Waals surface area contributed by atoms with Crippen LogP contribution < -0.4 is 0 Å². The highest BCUT2D eigenvalue weighted by Gasteiger charge is 2.27. The van der Waals surface area contributed by atoms with Gasteiger partial charge in [-0.1, -0.05) is 24.3 Å². The van der Waals surface area contributed by atoms with Gasteiger partial charge in [0.1, 0.15) is 6.54 Å². The molecule has 2 heterocycles. The molecule has 7 nitrogen and oxygen atoms in total. The van der Waals surface area contributed by atoms with Crippen LogP contribution in [0.15, 0.2) is 36.5 Å². The monoisotopic (exact) mass is 383 g/mol. The molecule has 28 heavy (non-hydrogen) atoms. The summed E-state index contributed by atoms with van der Waals surface area (Å²) in [6.07, 6.45) is 4.04. The van der Waals surface area contributed by atoms with Crippen molar-refractivity contribution in [3.63, 3.8) is 0 Å². The number of rotatable bonds is 5. The molecule has 148 valence electrons. The highest BCUT2D eigenvalue weighted by Crippen LogP contribution is 2.20. The predicted octanol–water partition coefficient (Wildman–Crippen LogP) is 2.09. The maximum Gasteiger partial charge on any atom is 0.323 e. The Bertz CT molecular complexity index is 878. The zero-order valence-electron chi connectivity index (χ0n) is 16.0. The van der Waals surface area contributed by atoms with Gasteiger partial charge in [0.25, 0.3) is 0 Å². The molecule has 1 fully saturated rings. The third-order valence-electron chi connectivity index (χ3n) is 5.26. The van der Waals surface area contributed by atoms with Crippen LogP contribution in [0, 0.1) is 0 Å². The molecule has 0 aliphatic carbocycles. The van der Waals surface area contributed by atoms with Gasteiger partial charge >= 0.3 is 5.97 Å². The molecule has 1 N–H and O–H groups in total. The van der Waals surface area contributed by atoms with Gasteiger partial charge in [0.15, 0.2) is 0 Å². The number of aromatic nitrogens is 1. The SMILES string of the molecule is CC(=O)N(CC(=O)O)C1CCCN(C(=O)Cc2cccc3cccnc23)CC1. The van der Waals surface area contributed by atoms with E-state index in [9.17, 15) is 14.4 Å². The standard InChI is InChI=1S/C21H25N3O4/c1-15(25)24(14-20(27)28)18-8-4-11-23(12-9-18)19(26)13-17-6-2-5-16-7-3-10-22-21(16)17/h2-3,5-7,10,18H,4,8-9,11-14H2,1H3,(H,27,28). The number of amides is 2. The number of aliphatic carboxylic acids is 1. The van der Waals surface area contributed by atoms with Crippen LogP contribution in [-0.2, 0) is 20.8 Å². The lowest BCUT2D eigenvalue weighted by atomic mass is 10.1. The number of carbonyl (C=O) groups excluding carboxylic acids is 2. The molecular formula is C21H25N3O4. The van der Waals surface area contributed by atoms with E-state index in [1.54, 1.807) is 6.20 Å². The van der Waals surface area contributed by atoms with Crippen LogP contribution in [0.1, 0.15) is 31.7 Å². The zero-order chi connectivity index (χ0) is 20.1. The first-order chi connectivity index (χ1) is 13.5. The van der Waals surface area contributed by atoms with E-state index in [4.69, 9.17) is 5.11 Å². The zero-order valence-corrected chi connectivity index (χ0v) is 16.0. The topological polar surface area (TPSA) is 90.8 Å². The maximum atomic E-state index is 12.9. The van der Waals surface area contributed by atoms with Gasteiger partial charge in [-0.15, -0.1) is 0 Å². The molecule has 1 unspecified atom stereocenters. The van der Waals surface area contributed by atoms with E-state index >= 15 is 0 Å². The molecular weight excluding hydrogens is 358 g/mol. The fraction of sp³-hybridized carbons (Fsp3) is 0.429. The molecule has 0 radical (unpaired) electrons. The molecule has 1 saturated heterocycles. The quantitative estimate of drug-likeness (QED) is 0.854. The summed E-state index contributed by atoms with van der Waals surface area (Å²) in [6.45, 7) is 2.23. The summed E-state index contributed by atoms with van der Waals surface area (Å²) >= 11 is 0. The van der Waals surface area contributed by atoms with Crippen molar-refractivity contribution in [2.75, 3.05) is 19.6 Å². The minimum atomic E-state index is -1.02. The summed E-state index contributed by atoms with van der Waals surface area (Å²) in [5, 5.41) is 10.1. The minimum absolute atomic E-state index is 0.0337. The summed E-state index contributed by atoms with van der Waals surface area (Å²) in [5.74, 6) is -1.23. The molecule has 0 saturated carbocycles. The lowest BCUT2D eigenvalue weighted by Gasteiger charge is -2.28. The van der Waals surface area contributed by atoms with Crippen LogP contribution >= 0.6 is 0 Å². The van der Waals surface area contributed by atoms with Gasteiger partial charge in [-0.25, -0.2) is 0 Å². The number of pyridine rings is 1. The Morgan fingerprint density at radius 2 is 1.96 bits per heavy atom. The van der Waals surface area contributed by atoms with Crippen molar-refractivity contribution in [1.82, 2.24) is 14.8 Å². The largest absolute Gasteiger partial charge is 0.480 e. The molecule has 2 aromatic rings. The Morgan fingerprint density at radius 3 is 2.71 bits per heavy atom. The number of carboxylic acid groups (broad SMARTS) is 1. The second kappa shape index (κ2) is 8.82. The molecule has 3 rings (SSSR count). The van der Waals surface area contributed by atoms with E-state index in [0.29, 0.717) is 25.9 Å². The van der Waals surface area contributed by atoms with Gasteiger partial charge in [-0.05, 0) is 30.9 Å². The number of carboxylic acids is 1. The molecule has 2 amide bonds. The Labute approximate surface area is 164 Å². The molecule has 1 aromatic carbocycles. The number of likely N-dealkylation sites (tertiary alicyclic amines) is 1. The van der Waals surface area contributed by atoms with Crippen molar-refractivity contribution in [3.05, 3.63) is 42.1 Å². The number of fused-ring (bicyclic) bond motifs is 1. The normalized spacial score (nSPS) is 17.2. The molecule has 0 bridgehead atoms. The van der Waals surface area contributed by atoms with Crippen molar-refractivity contribution in [2.24, 2.45) is 0 Å². The molecule has 7 heteroatoms. The van der Waals surface area contributed by atoms with E-state index in [1.807, 2.05) is 35.2 Å². The van der Waals surface area contributed by atoms with Crippen molar-refractivity contribution < 1.29 is 19.5 Å². The average molecular weight is 383 g/mol. The number of benzene rings is 1. The second-order valence-electron chi connectivity index (χ2n) is 7.18. The van der Waals surface area contributed by atoms with Crippen LogP contribution in [0.3, 0.4) is 0 Å². The van der Waals surface area contributed by atoms with E-state index in [-0.39, 0.29) is 30.8 Å². The van der Waals surface area contributed by atoms with E-state index < -0.39 is 5.97 Å². The van der Waals surface area contributed by atoms with Crippen LogP contribution in [0.2, 0.25) is 0 Å². The van der Waals surface area contributed by atoms with Crippen molar-refractivity contribution in [2.45, 2.75) is 38.6 Å². The number of para-hydroxylation sites is 1. The Morgan fingerprint density at radius 1 is 1.18 bits per heavy atom. The van der Waals surface area contributed by atoms with Gasteiger partial charge in [0, 0.05) is 37.6 Å². The first kappa shape index (κ1) is 19.8. The number of hydrogen-bond acceptors (Lipinski definition) is 4. The predicted molar refractivity (Wildman–Crippen MR) is 105 cm³/mol. The number of carbonyl (C=O) groups is 3. The minimum Gasteiger partial charge on any atom is -0.480 e. The van der Waals surface area contributed by atoms with E-state index in [2.05, 4.69) is 4.98 Å². The molecule has 1 aliphatic heterocycles. The van der Waals surface area contributed by atoms with Crippen molar-refractivity contribution >= 4 is 28.7 Å². The summed E-state index contributed by atoms with van der Waals surface area (Å²) < 4.78 is 0. The van der Waals surface area contributed by atoms with E-state index in [1.165, 1.54) is 11.8 Å². The second-order valence-corrected chi connectivity index (χ2v) is 7.18. The molecule has 1 aliphatic rings. The highest BCUT2D eigenvalue weighted by molar-refractivity contribution is 5.87. The lowest BCUT2D eigenvalue weighted by molar-refractivity contribution is -0.145. The lowest BCUT2D eigenvalue weighted by Crippen LogP contribution is -2.43. The number of hydrogen-bond donors (Lipinski definition) is 1. The Balaban J connectivity index is 1.67. The Hall–Kier alpha value is -2.96. The summed E-state index contributed by atoms with van der Waals surface area (Å²) in [6, 6.07) is 9.54. The van der Waals surface area contributed by atoms with Crippen LogP contribution in [0.4, 0.5) is 0 Å². The van der Waals surface area contributed by atoms with E-state index in [0.717, 1.165) is 22.9 Å². The maximum absolute atomic E-state index is 12.9. The van der Waals surface area contributed by atoms with Gasteiger partial charge in [-0.2, -0.15) is 0 Å². The third kappa shape index (κ3) is 4.65. The van der Waals surface area contributed by atoms with Gasteiger partial charge in [0.2, 0.25) is 11.8 Å². The summed E-state index contributed by atoms with van der Waals surface area (Å²) in [5.41, 5.74) is 1.75. The molecule has 1 atom stereocenters. The fourth-order valence-electron chi connectivity index (χ4n) is 3.87. The van der Waals surface area contributed by atoms with Crippen LogP contribution in [-0.4, -0.2) is 63.4 Å². The van der Waals surface area contributed by atoms with Crippen LogP contribution in [0.25, 0.3) is 10.9 Å². The third-order valence-corrected chi connectivity index (χ3v) is 5.26. The first-order valence-corrected chi connectivity index (χ1v) is 9.55. The van der Waals surface area contributed by atoms with Crippen molar-refractivity contribution in [3.8, 4) is 0 Å². The average Bonchev–Trinajstić information content (AvgIpc) is 2.92. The molecule has 1 aromatic heterocycles. The fourth-order valence-corrected chi connectivity index (χ4v) is 3.87. The van der Waals surface area contributed by atoms with Crippen molar-refractivity contribution in [1.29, 1.82) is 0 Å². The van der Waals surface area contributed by atoms with Gasteiger partial charge < -0.3 is 14.9 Å². The number of nitrogens with zero attached hydrogens (tertiary/aromatic N) is 3.